The van der Waals surface area contributed by atoms with Gasteiger partial charge in [-0.1, -0.05) is 12.1 Å². The lowest BCUT2D eigenvalue weighted by molar-refractivity contribution is -0.116. The first-order chi connectivity index (χ1) is 12.2. The predicted molar refractivity (Wildman–Crippen MR) is 89.4 cm³/mol. The number of nitriles is 1. The van der Waals surface area contributed by atoms with Crippen LogP contribution < -0.4 is 0 Å². The molecule has 2 heterocycles. The maximum Gasteiger partial charge on any atom is 0.218 e. The minimum Gasteiger partial charge on any atom is -0.443 e. The Balaban J connectivity index is 1.94. The molecule has 0 saturated carbocycles. The summed E-state index contributed by atoms with van der Waals surface area (Å²) in [7, 11) is 0. The van der Waals surface area contributed by atoms with E-state index in [0.717, 1.165) is 6.42 Å². The molecule has 5 heteroatoms. The first-order valence-electron chi connectivity index (χ1n) is 8.16. The fraction of sp³-hybridized carbons (Fsp3) is 0.200. The highest BCUT2D eigenvalue weighted by atomic mass is 19.1. The van der Waals surface area contributed by atoms with Crippen LogP contribution in [0.1, 0.15) is 30.7 Å². The van der Waals surface area contributed by atoms with Crippen LogP contribution in [0, 0.1) is 17.1 Å². The Labute approximate surface area is 144 Å². The van der Waals surface area contributed by atoms with Crippen molar-refractivity contribution in [1.82, 2.24) is 4.57 Å². The van der Waals surface area contributed by atoms with Crippen LogP contribution in [0.2, 0.25) is 0 Å². The summed E-state index contributed by atoms with van der Waals surface area (Å²) in [6.45, 7) is 0. The lowest BCUT2D eigenvalue weighted by Gasteiger charge is -2.32. The molecule has 0 radical (unpaired) electrons. The fourth-order valence-electron chi connectivity index (χ4n) is 3.46. The number of ketones is 1. The zero-order chi connectivity index (χ0) is 17.4. The van der Waals surface area contributed by atoms with Gasteiger partial charge in [-0.05, 0) is 36.2 Å². The molecule has 0 unspecified atom stereocenters. The van der Waals surface area contributed by atoms with E-state index >= 15 is 0 Å². The summed E-state index contributed by atoms with van der Waals surface area (Å²) in [6.07, 6.45) is 5.42. The van der Waals surface area contributed by atoms with E-state index in [1.54, 1.807) is 29.1 Å². The fourth-order valence-corrected chi connectivity index (χ4v) is 3.46. The summed E-state index contributed by atoms with van der Waals surface area (Å²) in [5, 5.41) is 9.81. The Morgan fingerprint density at radius 1 is 1.16 bits per heavy atom. The third-order valence-corrected chi connectivity index (χ3v) is 4.60. The lowest BCUT2D eigenvalue weighted by Crippen LogP contribution is -2.26. The van der Waals surface area contributed by atoms with E-state index in [4.69, 9.17) is 4.74 Å². The van der Waals surface area contributed by atoms with E-state index in [1.165, 1.54) is 12.1 Å². The molecule has 4 rings (SSSR count). The summed E-state index contributed by atoms with van der Waals surface area (Å²) in [4.78, 5) is 12.6. The molecule has 0 N–H and O–H groups in total. The third kappa shape index (κ3) is 2.56. The molecule has 1 atom stereocenters. The molecule has 124 valence electrons. The molecule has 2 aliphatic rings. The van der Waals surface area contributed by atoms with Crippen molar-refractivity contribution in [2.75, 3.05) is 0 Å². The molecule has 0 fully saturated rings. The van der Waals surface area contributed by atoms with Crippen LogP contribution >= 0.6 is 0 Å². The number of aromatic nitrogens is 1. The van der Waals surface area contributed by atoms with E-state index in [2.05, 4.69) is 6.07 Å². The van der Waals surface area contributed by atoms with Crippen LogP contribution in [0.4, 0.5) is 4.39 Å². The van der Waals surface area contributed by atoms with Crippen molar-refractivity contribution < 1.29 is 13.9 Å². The number of halogens is 1. The minimum absolute atomic E-state index is 0.00474. The van der Waals surface area contributed by atoms with Gasteiger partial charge in [-0.3, -0.25) is 9.36 Å². The third-order valence-electron chi connectivity index (χ3n) is 4.60. The van der Waals surface area contributed by atoms with Gasteiger partial charge in [0.25, 0.3) is 0 Å². The van der Waals surface area contributed by atoms with Crippen LogP contribution in [0.25, 0.3) is 5.88 Å². The number of carbonyl (C=O) groups is 1. The van der Waals surface area contributed by atoms with Gasteiger partial charge in [-0.2, -0.15) is 5.26 Å². The first-order valence-corrected chi connectivity index (χ1v) is 8.16. The number of benzene rings is 1. The van der Waals surface area contributed by atoms with Gasteiger partial charge >= 0.3 is 0 Å². The zero-order valence-corrected chi connectivity index (χ0v) is 13.4. The second kappa shape index (κ2) is 6.06. The Hall–Kier alpha value is -3.13. The number of nitrogens with zero attached hydrogens (tertiary/aromatic N) is 2. The Morgan fingerprint density at radius 3 is 2.56 bits per heavy atom. The molecule has 0 saturated heterocycles. The van der Waals surface area contributed by atoms with E-state index in [9.17, 15) is 14.4 Å². The Kier molecular flexibility index (Phi) is 3.73. The van der Waals surface area contributed by atoms with Crippen molar-refractivity contribution in [2.24, 2.45) is 0 Å². The topological polar surface area (TPSA) is 55.0 Å². The van der Waals surface area contributed by atoms with Crippen molar-refractivity contribution in [2.45, 2.75) is 25.2 Å². The monoisotopic (exact) mass is 334 g/mol. The largest absolute Gasteiger partial charge is 0.443 e. The SMILES string of the molecule is N#CC1=C(n2cccc2)OC2=C(C(=O)CCC2)[C@H]1c1ccc(F)cc1. The van der Waals surface area contributed by atoms with Crippen molar-refractivity contribution in [3.05, 3.63) is 77.1 Å². The standard InChI is InChI=1S/C20H15FN2O2/c21-14-8-6-13(7-9-14)18-15(12-22)20(23-10-1-2-11-23)25-17-5-3-4-16(24)19(17)18/h1-2,6-11,18H,3-5H2/t18-/m0/s1. The Bertz CT molecular complexity index is 931. The normalized spacial score (nSPS) is 20.2. The van der Waals surface area contributed by atoms with Crippen molar-refractivity contribution in [1.29, 1.82) is 5.26 Å². The second-order valence-corrected chi connectivity index (χ2v) is 6.12. The molecule has 1 aromatic heterocycles. The minimum atomic E-state index is -0.528. The average Bonchev–Trinajstić information content (AvgIpc) is 3.15. The summed E-state index contributed by atoms with van der Waals surface area (Å²) in [5.41, 5.74) is 1.61. The molecule has 0 spiro atoms. The number of Topliss-reactive ketones (excluding diaryl/α,β-unsaturated/α-hetero) is 1. The maximum atomic E-state index is 13.4. The van der Waals surface area contributed by atoms with Crippen molar-refractivity contribution in [3.8, 4) is 6.07 Å². The number of hydrogen-bond acceptors (Lipinski definition) is 3. The van der Waals surface area contributed by atoms with Crippen LogP contribution in [0.15, 0.2) is 65.7 Å². The van der Waals surface area contributed by atoms with Gasteiger partial charge in [0.2, 0.25) is 5.88 Å². The molecule has 0 amide bonds. The molecule has 1 aliphatic carbocycles. The molecular weight excluding hydrogens is 319 g/mol. The van der Waals surface area contributed by atoms with Gasteiger partial charge in [0.15, 0.2) is 5.78 Å². The van der Waals surface area contributed by atoms with Gasteiger partial charge in [-0.15, -0.1) is 0 Å². The number of hydrogen-bond donors (Lipinski definition) is 0. The van der Waals surface area contributed by atoms with Gasteiger partial charge in [0, 0.05) is 30.8 Å². The number of rotatable bonds is 2. The highest BCUT2D eigenvalue weighted by molar-refractivity contribution is 6.00. The van der Waals surface area contributed by atoms with Gasteiger partial charge < -0.3 is 4.74 Å². The highest BCUT2D eigenvalue weighted by Crippen LogP contribution is 2.45. The molecule has 4 nitrogen and oxygen atoms in total. The zero-order valence-electron chi connectivity index (χ0n) is 13.4. The summed E-state index contributed by atoms with van der Waals surface area (Å²) in [5.74, 6) is 0.145. The molecule has 2 aromatic rings. The van der Waals surface area contributed by atoms with Crippen molar-refractivity contribution >= 4 is 11.7 Å². The summed E-state index contributed by atoms with van der Waals surface area (Å²) < 4.78 is 21.1. The van der Waals surface area contributed by atoms with Gasteiger partial charge in [-0.25, -0.2) is 4.39 Å². The molecular formula is C20H15FN2O2. The Morgan fingerprint density at radius 2 is 1.88 bits per heavy atom. The summed E-state index contributed by atoms with van der Waals surface area (Å²) >= 11 is 0. The van der Waals surface area contributed by atoms with Crippen LogP contribution in [0.5, 0.6) is 0 Å². The number of allylic oxidation sites excluding steroid dienone is 3. The smallest absolute Gasteiger partial charge is 0.218 e. The molecule has 1 aromatic carbocycles. The van der Waals surface area contributed by atoms with E-state index in [-0.39, 0.29) is 11.6 Å². The van der Waals surface area contributed by atoms with E-state index in [1.807, 2.05) is 12.1 Å². The molecule has 1 aliphatic heterocycles. The molecule has 25 heavy (non-hydrogen) atoms. The number of carbonyl (C=O) groups excluding carboxylic acids is 1. The highest BCUT2D eigenvalue weighted by Gasteiger charge is 2.38. The van der Waals surface area contributed by atoms with Gasteiger partial charge in [0.1, 0.15) is 23.2 Å². The van der Waals surface area contributed by atoms with E-state index < -0.39 is 5.92 Å². The second-order valence-electron chi connectivity index (χ2n) is 6.12. The number of ether oxygens (including phenoxy) is 1. The predicted octanol–water partition coefficient (Wildman–Crippen LogP) is 4.14. The lowest BCUT2D eigenvalue weighted by atomic mass is 9.77. The van der Waals surface area contributed by atoms with Crippen LogP contribution in [-0.2, 0) is 9.53 Å². The average molecular weight is 334 g/mol. The first kappa shape index (κ1) is 15.4. The maximum absolute atomic E-state index is 13.4. The van der Waals surface area contributed by atoms with Gasteiger partial charge in [0.05, 0.1) is 5.92 Å². The van der Waals surface area contributed by atoms with Crippen LogP contribution in [0.3, 0.4) is 0 Å². The molecule has 0 bridgehead atoms. The van der Waals surface area contributed by atoms with Crippen molar-refractivity contribution in [3.63, 3.8) is 0 Å². The van der Waals surface area contributed by atoms with E-state index in [0.29, 0.717) is 41.2 Å². The summed E-state index contributed by atoms with van der Waals surface area (Å²) in [6, 6.07) is 11.9. The quantitative estimate of drug-likeness (QED) is 0.829. The van der Waals surface area contributed by atoms with Crippen LogP contribution in [-0.4, -0.2) is 10.4 Å².